The molecule has 0 aromatic heterocycles. The number of hydrogen-bond acceptors (Lipinski definition) is 4. The number of aliphatic hydroxyl groups excluding tert-OH is 1. The average molecular weight is 337 g/mol. The molecule has 0 unspecified atom stereocenters. The lowest BCUT2D eigenvalue weighted by molar-refractivity contribution is -0.139. The highest BCUT2D eigenvalue weighted by Gasteiger charge is 2.38. The van der Waals surface area contributed by atoms with E-state index >= 15 is 0 Å². The lowest BCUT2D eigenvalue weighted by Gasteiger charge is -2.39. The minimum atomic E-state index is -0.196. The molecule has 1 N–H and O–H groups in total. The molecule has 0 spiro atoms. The van der Waals surface area contributed by atoms with E-state index in [1.54, 1.807) is 11.8 Å². The Balaban J connectivity index is 1.53. The highest BCUT2D eigenvalue weighted by atomic mass is 16.3. The molecule has 3 fully saturated rings. The summed E-state index contributed by atoms with van der Waals surface area (Å²) in [5.74, 6) is 0.604. The van der Waals surface area contributed by atoms with Crippen LogP contribution in [0.5, 0.6) is 0 Å². The molecule has 3 aliphatic rings. The first kappa shape index (κ1) is 17.7. The van der Waals surface area contributed by atoms with Crippen molar-refractivity contribution in [3.8, 4) is 0 Å². The third-order valence-corrected chi connectivity index (χ3v) is 6.11. The van der Waals surface area contributed by atoms with E-state index in [1.165, 1.54) is 6.42 Å². The van der Waals surface area contributed by atoms with Crippen molar-refractivity contribution in [2.45, 2.75) is 57.6 Å². The number of rotatable bonds is 3. The van der Waals surface area contributed by atoms with Crippen molar-refractivity contribution in [1.82, 2.24) is 14.7 Å². The predicted octanol–water partition coefficient (Wildman–Crippen LogP) is 0.693. The summed E-state index contributed by atoms with van der Waals surface area (Å²) in [6, 6.07) is 0.364. The monoisotopic (exact) mass is 337 g/mol. The molecule has 2 heterocycles. The molecule has 6 heteroatoms. The zero-order valence-corrected chi connectivity index (χ0v) is 14.8. The van der Waals surface area contributed by atoms with Gasteiger partial charge in [0.1, 0.15) is 0 Å². The lowest BCUT2D eigenvalue weighted by atomic mass is 9.80. The second kappa shape index (κ2) is 7.83. The molecule has 0 aromatic rings. The highest BCUT2D eigenvalue weighted by Crippen LogP contribution is 2.34. The molecule has 0 bridgehead atoms. The fourth-order valence-electron chi connectivity index (χ4n) is 4.67. The Morgan fingerprint density at radius 1 is 0.917 bits per heavy atom. The van der Waals surface area contributed by atoms with E-state index in [-0.39, 0.29) is 17.9 Å². The van der Waals surface area contributed by atoms with Crippen molar-refractivity contribution in [2.24, 2.45) is 5.92 Å². The first-order valence-corrected chi connectivity index (χ1v) is 9.51. The van der Waals surface area contributed by atoms with Crippen molar-refractivity contribution < 1.29 is 14.7 Å². The summed E-state index contributed by atoms with van der Waals surface area (Å²) in [5.41, 5.74) is 0. The molecule has 2 saturated heterocycles. The van der Waals surface area contributed by atoms with Gasteiger partial charge in [0.05, 0.1) is 12.6 Å². The number of hydrogen-bond donors (Lipinski definition) is 1. The number of carbonyl (C=O) groups excluding carboxylic acids is 2. The number of likely N-dealkylation sites (tertiary alicyclic amines) is 1. The molecule has 2 aliphatic heterocycles. The minimum Gasteiger partial charge on any atom is -0.393 e. The van der Waals surface area contributed by atoms with Gasteiger partial charge in [0.25, 0.3) is 0 Å². The van der Waals surface area contributed by atoms with E-state index in [9.17, 15) is 14.7 Å². The zero-order chi connectivity index (χ0) is 17.1. The largest absolute Gasteiger partial charge is 0.393 e. The van der Waals surface area contributed by atoms with Crippen LogP contribution in [0, 0.1) is 5.92 Å². The maximum atomic E-state index is 12.7. The van der Waals surface area contributed by atoms with Crippen LogP contribution < -0.4 is 0 Å². The van der Waals surface area contributed by atoms with Crippen LogP contribution in [-0.4, -0.2) is 83.0 Å². The molecule has 24 heavy (non-hydrogen) atoms. The van der Waals surface area contributed by atoms with Gasteiger partial charge in [0, 0.05) is 45.1 Å². The molecular weight excluding hydrogens is 306 g/mol. The summed E-state index contributed by atoms with van der Waals surface area (Å²) in [6.45, 7) is 5.59. The first-order chi connectivity index (χ1) is 11.6. The summed E-state index contributed by atoms with van der Waals surface area (Å²) < 4.78 is 0. The van der Waals surface area contributed by atoms with E-state index in [2.05, 4.69) is 4.90 Å². The topological polar surface area (TPSA) is 64.1 Å². The Kier molecular flexibility index (Phi) is 5.76. The molecular formula is C18H31N3O3. The first-order valence-electron chi connectivity index (χ1n) is 9.51. The Hall–Kier alpha value is -1.14. The Morgan fingerprint density at radius 3 is 2.25 bits per heavy atom. The number of piperazine rings is 1. The number of carbonyl (C=O) groups is 2. The van der Waals surface area contributed by atoms with E-state index in [0.29, 0.717) is 44.7 Å². The predicted molar refractivity (Wildman–Crippen MR) is 91.4 cm³/mol. The molecule has 3 rings (SSSR count). The maximum absolute atomic E-state index is 12.7. The highest BCUT2D eigenvalue weighted by molar-refractivity contribution is 5.79. The fraction of sp³-hybridized carbons (Fsp3) is 0.889. The number of nitrogens with zero attached hydrogens (tertiary/aromatic N) is 3. The SMILES string of the molecule is CC(=O)N1CCN(C(=O)CN2CCC[C@@H]2[C@@H]2CCCC[C@H]2O)CC1. The normalized spacial score (nSPS) is 32.2. The van der Waals surface area contributed by atoms with Crippen LogP contribution in [0.3, 0.4) is 0 Å². The Labute approximate surface area is 144 Å². The molecule has 2 amide bonds. The van der Waals surface area contributed by atoms with Crippen molar-refractivity contribution in [3.05, 3.63) is 0 Å². The Bertz CT molecular complexity index is 462. The summed E-state index contributed by atoms with van der Waals surface area (Å²) in [4.78, 5) is 30.1. The van der Waals surface area contributed by atoms with E-state index in [4.69, 9.17) is 0 Å². The Morgan fingerprint density at radius 2 is 1.58 bits per heavy atom. The lowest BCUT2D eigenvalue weighted by Crippen LogP contribution is -2.53. The minimum absolute atomic E-state index is 0.0907. The third-order valence-electron chi connectivity index (χ3n) is 6.11. The third kappa shape index (κ3) is 3.91. The average Bonchev–Trinajstić information content (AvgIpc) is 3.03. The van der Waals surface area contributed by atoms with Gasteiger partial charge in [-0.2, -0.15) is 0 Å². The van der Waals surface area contributed by atoms with Crippen molar-refractivity contribution in [1.29, 1.82) is 0 Å². The van der Waals surface area contributed by atoms with Crippen LogP contribution in [0.2, 0.25) is 0 Å². The molecule has 1 saturated carbocycles. The van der Waals surface area contributed by atoms with Gasteiger partial charge in [-0.1, -0.05) is 12.8 Å². The van der Waals surface area contributed by atoms with Gasteiger partial charge in [-0.05, 0) is 32.2 Å². The smallest absolute Gasteiger partial charge is 0.236 e. The van der Waals surface area contributed by atoms with E-state index < -0.39 is 0 Å². The fourth-order valence-corrected chi connectivity index (χ4v) is 4.67. The number of amides is 2. The molecule has 0 radical (unpaired) electrons. The zero-order valence-electron chi connectivity index (χ0n) is 14.8. The molecule has 6 nitrogen and oxygen atoms in total. The second-order valence-corrected chi connectivity index (χ2v) is 7.58. The summed E-state index contributed by atoms with van der Waals surface area (Å²) >= 11 is 0. The van der Waals surface area contributed by atoms with Gasteiger partial charge >= 0.3 is 0 Å². The van der Waals surface area contributed by atoms with Gasteiger partial charge < -0.3 is 14.9 Å². The van der Waals surface area contributed by atoms with Gasteiger partial charge in [0.15, 0.2) is 0 Å². The van der Waals surface area contributed by atoms with Crippen LogP contribution in [-0.2, 0) is 9.59 Å². The maximum Gasteiger partial charge on any atom is 0.236 e. The van der Waals surface area contributed by atoms with Crippen LogP contribution in [0.4, 0.5) is 0 Å². The van der Waals surface area contributed by atoms with Gasteiger partial charge in [0.2, 0.25) is 11.8 Å². The van der Waals surface area contributed by atoms with Gasteiger partial charge in [-0.15, -0.1) is 0 Å². The van der Waals surface area contributed by atoms with Gasteiger partial charge in [-0.3, -0.25) is 14.5 Å². The van der Waals surface area contributed by atoms with Crippen molar-refractivity contribution in [2.75, 3.05) is 39.3 Å². The van der Waals surface area contributed by atoms with Crippen LogP contribution in [0.15, 0.2) is 0 Å². The molecule has 1 aliphatic carbocycles. The van der Waals surface area contributed by atoms with Crippen LogP contribution >= 0.6 is 0 Å². The van der Waals surface area contributed by atoms with Gasteiger partial charge in [-0.25, -0.2) is 0 Å². The van der Waals surface area contributed by atoms with Crippen molar-refractivity contribution >= 4 is 11.8 Å². The quantitative estimate of drug-likeness (QED) is 0.823. The summed E-state index contributed by atoms with van der Waals surface area (Å²) in [6.07, 6.45) is 6.37. The summed E-state index contributed by atoms with van der Waals surface area (Å²) in [5, 5.41) is 10.4. The number of aliphatic hydroxyl groups is 1. The van der Waals surface area contributed by atoms with Crippen LogP contribution in [0.1, 0.15) is 45.4 Å². The van der Waals surface area contributed by atoms with E-state index in [1.807, 2.05) is 4.90 Å². The van der Waals surface area contributed by atoms with Crippen LogP contribution in [0.25, 0.3) is 0 Å². The van der Waals surface area contributed by atoms with E-state index in [0.717, 1.165) is 38.6 Å². The standard InChI is InChI=1S/C18H31N3O3/c1-14(22)19-9-11-20(12-10-19)18(24)13-21-8-4-6-16(21)15-5-2-3-7-17(15)23/h15-17,23H,2-13H2,1H3/t15-,16+,17+/m0/s1. The van der Waals surface area contributed by atoms with Crippen molar-refractivity contribution in [3.63, 3.8) is 0 Å². The molecule has 3 atom stereocenters. The molecule has 0 aromatic carbocycles. The second-order valence-electron chi connectivity index (χ2n) is 7.58. The molecule has 136 valence electrons. The summed E-state index contributed by atoms with van der Waals surface area (Å²) in [7, 11) is 0.